The van der Waals surface area contributed by atoms with Gasteiger partial charge in [-0.25, -0.2) is 0 Å². The van der Waals surface area contributed by atoms with E-state index in [9.17, 15) is 18.0 Å². The van der Waals surface area contributed by atoms with Crippen molar-refractivity contribution in [2.24, 2.45) is 0 Å². The van der Waals surface area contributed by atoms with Gasteiger partial charge in [0.2, 0.25) is 0 Å². The highest BCUT2D eigenvalue weighted by Gasteiger charge is 2.28. The molecule has 1 aromatic rings. The standard InChI is InChI=1S/C11H12F3N3O/c1-3-5-10(18)17(4-2)9-6-15-16(7-9)8-11(12,13)14/h6-7H,4,8H2,1-2H3. The Balaban J connectivity index is 2.88. The Kier molecular flexibility index (Phi) is 4.37. The van der Waals surface area contributed by atoms with E-state index in [0.717, 1.165) is 4.68 Å². The summed E-state index contributed by atoms with van der Waals surface area (Å²) < 4.78 is 37.2. The highest BCUT2D eigenvalue weighted by molar-refractivity contribution is 6.05. The summed E-state index contributed by atoms with van der Waals surface area (Å²) in [6.07, 6.45) is -1.95. The van der Waals surface area contributed by atoms with Crippen LogP contribution in [0.3, 0.4) is 0 Å². The number of anilines is 1. The zero-order valence-electron chi connectivity index (χ0n) is 9.95. The molecular weight excluding hydrogens is 247 g/mol. The fourth-order valence-corrected chi connectivity index (χ4v) is 1.38. The number of alkyl halides is 3. The van der Waals surface area contributed by atoms with E-state index >= 15 is 0 Å². The third-order valence-corrected chi connectivity index (χ3v) is 2.07. The number of hydrogen-bond donors (Lipinski definition) is 0. The fourth-order valence-electron chi connectivity index (χ4n) is 1.38. The Bertz CT molecular complexity index is 482. The van der Waals surface area contributed by atoms with E-state index in [1.54, 1.807) is 6.92 Å². The number of hydrogen-bond acceptors (Lipinski definition) is 2. The number of nitrogens with zero attached hydrogens (tertiary/aromatic N) is 3. The van der Waals surface area contributed by atoms with Gasteiger partial charge in [-0.2, -0.15) is 18.3 Å². The quantitative estimate of drug-likeness (QED) is 0.777. The molecule has 7 heteroatoms. The molecule has 0 fully saturated rings. The first-order valence-corrected chi connectivity index (χ1v) is 5.21. The summed E-state index contributed by atoms with van der Waals surface area (Å²) >= 11 is 0. The molecule has 0 aliphatic rings. The molecule has 0 atom stereocenters. The summed E-state index contributed by atoms with van der Waals surface area (Å²) in [4.78, 5) is 12.8. The second-order valence-electron chi connectivity index (χ2n) is 3.44. The normalized spacial score (nSPS) is 10.7. The van der Waals surface area contributed by atoms with Gasteiger partial charge < -0.3 is 0 Å². The molecule has 0 N–H and O–H groups in total. The number of rotatable bonds is 3. The topological polar surface area (TPSA) is 38.1 Å². The van der Waals surface area contributed by atoms with Gasteiger partial charge in [0.05, 0.1) is 11.9 Å². The lowest BCUT2D eigenvalue weighted by Crippen LogP contribution is -2.29. The van der Waals surface area contributed by atoms with E-state index in [0.29, 0.717) is 12.2 Å². The fraction of sp³-hybridized carbons (Fsp3) is 0.455. The molecule has 0 bridgehead atoms. The van der Waals surface area contributed by atoms with E-state index in [-0.39, 0.29) is 0 Å². The van der Waals surface area contributed by atoms with E-state index in [1.807, 2.05) is 0 Å². The summed E-state index contributed by atoms with van der Waals surface area (Å²) in [5, 5.41) is 3.57. The minimum absolute atomic E-state index is 0.300. The zero-order valence-corrected chi connectivity index (χ0v) is 9.95. The lowest BCUT2D eigenvalue weighted by atomic mass is 10.4. The van der Waals surface area contributed by atoms with Gasteiger partial charge in [0.25, 0.3) is 0 Å². The number of carbonyl (C=O) groups is 1. The van der Waals surface area contributed by atoms with E-state index < -0.39 is 18.6 Å². The van der Waals surface area contributed by atoms with Gasteiger partial charge in [-0.15, -0.1) is 0 Å². The summed E-state index contributed by atoms with van der Waals surface area (Å²) in [5.74, 6) is 4.31. The zero-order chi connectivity index (χ0) is 13.8. The van der Waals surface area contributed by atoms with Crippen LogP contribution in [0.2, 0.25) is 0 Å². The van der Waals surface area contributed by atoms with Gasteiger partial charge in [0.15, 0.2) is 0 Å². The Labute approximate surface area is 102 Å². The summed E-state index contributed by atoms with van der Waals surface area (Å²) in [6.45, 7) is 2.35. The molecule has 18 heavy (non-hydrogen) atoms. The molecule has 1 amide bonds. The van der Waals surface area contributed by atoms with Crippen LogP contribution in [-0.2, 0) is 11.3 Å². The van der Waals surface area contributed by atoms with Crippen LogP contribution < -0.4 is 4.90 Å². The van der Waals surface area contributed by atoms with Gasteiger partial charge in [-0.3, -0.25) is 14.4 Å². The van der Waals surface area contributed by atoms with Crippen LogP contribution in [0.15, 0.2) is 12.4 Å². The van der Waals surface area contributed by atoms with Crippen molar-refractivity contribution in [2.75, 3.05) is 11.4 Å². The van der Waals surface area contributed by atoms with Crippen molar-refractivity contribution < 1.29 is 18.0 Å². The van der Waals surface area contributed by atoms with Crippen LogP contribution in [-0.4, -0.2) is 28.4 Å². The molecule has 0 saturated heterocycles. The second kappa shape index (κ2) is 5.58. The molecule has 0 unspecified atom stereocenters. The first kappa shape index (κ1) is 14.1. The van der Waals surface area contributed by atoms with E-state index in [4.69, 9.17) is 0 Å². The van der Waals surface area contributed by atoms with Crippen molar-refractivity contribution in [1.82, 2.24) is 9.78 Å². The molecule has 4 nitrogen and oxygen atoms in total. The molecule has 0 radical (unpaired) electrons. The molecule has 0 spiro atoms. The lowest BCUT2D eigenvalue weighted by Gasteiger charge is -2.15. The molecule has 0 aliphatic heterocycles. The first-order chi connectivity index (χ1) is 8.37. The molecule has 0 saturated carbocycles. The number of carbonyl (C=O) groups excluding carboxylic acids is 1. The molecule has 1 rings (SSSR count). The Morgan fingerprint density at radius 3 is 2.72 bits per heavy atom. The average molecular weight is 259 g/mol. The van der Waals surface area contributed by atoms with Gasteiger partial charge in [-0.1, -0.05) is 5.92 Å². The molecule has 0 aliphatic carbocycles. The SMILES string of the molecule is CC#CC(=O)N(CC)c1cnn(CC(F)(F)F)c1. The summed E-state index contributed by atoms with van der Waals surface area (Å²) in [7, 11) is 0. The highest BCUT2D eigenvalue weighted by atomic mass is 19.4. The summed E-state index contributed by atoms with van der Waals surface area (Å²) in [6, 6.07) is 0. The van der Waals surface area contributed by atoms with Gasteiger partial charge in [0, 0.05) is 12.7 Å². The van der Waals surface area contributed by atoms with Crippen LogP contribution in [0.5, 0.6) is 0 Å². The van der Waals surface area contributed by atoms with Crippen LogP contribution in [0, 0.1) is 11.8 Å². The predicted octanol–water partition coefficient (Wildman–Crippen LogP) is 1.82. The minimum atomic E-state index is -4.34. The van der Waals surface area contributed by atoms with Crippen molar-refractivity contribution in [1.29, 1.82) is 0 Å². The Morgan fingerprint density at radius 1 is 1.56 bits per heavy atom. The number of aromatic nitrogens is 2. The highest BCUT2D eigenvalue weighted by Crippen LogP contribution is 2.19. The van der Waals surface area contributed by atoms with Crippen molar-refractivity contribution in [3.63, 3.8) is 0 Å². The van der Waals surface area contributed by atoms with Crippen molar-refractivity contribution in [3.8, 4) is 11.8 Å². The third kappa shape index (κ3) is 3.80. The smallest absolute Gasteiger partial charge is 0.299 e. The van der Waals surface area contributed by atoms with Gasteiger partial charge >= 0.3 is 12.1 Å². The van der Waals surface area contributed by atoms with Crippen LogP contribution in [0.25, 0.3) is 0 Å². The van der Waals surface area contributed by atoms with Crippen molar-refractivity contribution >= 4 is 11.6 Å². The van der Waals surface area contributed by atoms with Crippen LogP contribution >= 0.6 is 0 Å². The first-order valence-electron chi connectivity index (χ1n) is 5.21. The van der Waals surface area contributed by atoms with E-state index in [2.05, 4.69) is 16.9 Å². The molecule has 0 aromatic carbocycles. The largest absolute Gasteiger partial charge is 0.408 e. The maximum absolute atomic E-state index is 12.1. The number of amides is 1. The predicted molar refractivity (Wildman–Crippen MR) is 59.8 cm³/mol. The lowest BCUT2D eigenvalue weighted by molar-refractivity contribution is -0.142. The second-order valence-corrected chi connectivity index (χ2v) is 3.44. The van der Waals surface area contributed by atoms with Crippen molar-refractivity contribution in [3.05, 3.63) is 12.4 Å². The van der Waals surface area contributed by atoms with E-state index in [1.165, 1.54) is 24.2 Å². The van der Waals surface area contributed by atoms with Crippen LogP contribution in [0.4, 0.5) is 18.9 Å². The van der Waals surface area contributed by atoms with Crippen LogP contribution in [0.1, 0.15) is 13.8 Å². The maximum Gasteiger partial charge on any atom is 0.408 e. The molecule has 98 valence electrons. The number of halogens is 3. The average Bonchev–Trinajstić information content (AvgIpc) is 2.65. The minimum Gasteiger partial charge on any atom is -0.299 e. The van der Waals surface area contributed by atoms with Crippen molar-refractivity contribution in [2.45, 2.75) is 26.6 Å². The molecule has 1 heterocycles. The molecular formula is C11H12F3N3O. The molecule has 1 aromatic heterocycles. The van der Waals surface area contributed by atoms with Gasteiger partial charge in [0.1, 0.15) is 6.54 Å². The summed E-state index contributed by atoms with van der Waals surface area (Å²) in [5.41, 5.74) is 0.300. The third-order valence-electron chi connectivity index (χ3n) is 2.07. The van der Waals surface area contributed by atoms with Gasteiger partial charge in [-0.05, 0) is 19.8 Å². The Morgan fingerprint density at radius 2 is 2.22 bits per heavy atom. The maximum atomic E-state index is 12.1. The monoisotopic (exact) mass is 259 g/mol. The Hall–Kier alpha value is -1.97.